The first kappa shape index (κ1) is 67.1. The fourth-order valence-electron chi connectivity index (χ4n) is 14.3. The van der Waals surface area contributed by atoms with Crippen LogP contribution in [0, 0.1) is 0 Å². The lowest BCUT2D eigenvalue weighted by atomic mass is 9.78. The number of fused-ring (bicyclic) bond motifs is 12. The third-order valence-corrected chi connectivity index (χ3v) is 20.7. The number of para-hydroxylation sites is 2. The predicted octanol–water partition coefficient (Wildman–Crippen LogP) is 23.8. The first-order chi connectivity index (χ1) is 53.9. The molecule has 20 aromatic rings. The van der Waals surface area contributed by atoms with Crippen LogP contribution in [0.5, 0.6) is 0 Å². The first-order valence-electron chi connectivity index (χ1n) is 36.3. The summed E-state index contributed by atoms with van der Waals surface area (Å²) in [5.41, 5.74) is 21.1. The van der Waals surface area contributed by atoms with Crippen LogP contribution in [0.15, 0.2) is 333 Å². The van der Waals surface area contributed by atoms with Crippen molar-refractivity contribution in [2.75, 3.05) is 0 Å². The van der Waals surface area contributed by atoms with Gasteiger partial charge in [0.25, 0.3) is 0 Å². The lowest BCUT2D eigenvalue weighted by Crippen LogP contribution is -2.41. The Hall–Kier alpha value is -13.6. The maximum absolute atomic E-state index is 6.43. The van der Waals surface area contributed by atoms with Gasteiger partial charge in [0.2, 0.25) is 5.28 Å². The molecule has 9 heterocycles. The SMILES string of the molecule is CC1(C)OB(c2ccc3oc4cccc(-c5nc(-c6ccccc6)c6oc7ccccc7c6n5)c4c3c2)OC1(C)C.Clc1nc(-c2ccccc2)cc(-c2ccccc2)n1.c1ccc(-c2cc(-c3ccccc3)nc(-c3ccc4oc5cccc(-c6nc(-c7ccccc7)c7oc8ccccc8c7n6)c5c4c3)n2)cc1. The standard InChI is InChI=1S/C44H26N4O2.C34H27BN2O4.C16H11ClN2/c1-4-13-27(14-5-1)34-26-35(28-15-6-2-7-16-28)46-43(45-34)30-23-24-37-33(25-30)39-32(20-12-22-38(39)49-37)44-47-40(29-17-8-3-9-18-29)42-41(48-44)31-19-10-11-21-36(31)50-42;1-33(2)34(3,4)41-35(40-33)21-17-18-26-24(19-21)28-23(14-10-16-27(28)38-26)32-36-29(20-11-6-5-7-12-20)31-30(37-32)22-13-8-9-15-25(22)39-31;17-16-18-14(12-7-3-1-4-8-12)11-15(19-16)13-9-5-2-6-10-13/h1-26H;5-19H,1-4H3;1-11H. The topological polar surface area (TPSA) is 174 Å². The molecular weight excluding hydrogens is 1380 g/mol. The Kier molecular flexibility index (Phi) is 16.9. The van der Waals surface area contributed by atoms with Crippen LogP contribution >= 0.6 is 11.6 Å². The molecule has 0 aliphatic carbocycles. The molecule has 16 heteroatoms. The minimum Gasteiger partial charge on any atom is -0.456 e. The second-order valence-corrected chi connectivity index (χ2v) is 28.4. The van der Waals surface area contributed by atoms with Gasteiger partial charge >= 0.3 is 7.12 Å². The Morgan fingerprint density at radius 3 is 1.05 bits per heavy atom. The maximum Gasteiger partial charge on any atom is 0.494 e. The van der Waals surface area contributed by atoms with Crippen molar-refractivity contribution in [3.8, 4) is 102 Å². The molecule has 21 rings (SSSR count). The van der Waals surface area contributed by atoms with Crippen molar-refractivity contribution in [2.24, 2.45) is 0 Å². The molecule has 0 bridgehead atoms. The van der Waals surface area contributed by atoms with Crippen molar-refractivity contribution < 1.29 is 27.0 Å². The molecule has 0 spiro atoms. The van der Waals surface area contributed by atoms with E-state index in [-0.39, 0.29) is 5.28 Å². The zero-order valence-electron chi connectivity index (χ0n) is 60.0. The summed E-state index contributed by atoms with van der Waals surface area (Å²) >= 11 is 6.03. The highest BCUT2D eigenvalue weighted by molar-refractivity contribution is 6.62. The Balaban J connectivity index is 0.000000122. The number of rotatable bonds is 10. The lowest BCUT2D eigenvalue weighted by molar-refractivity contribution is 0.00578. The third kappa shape index (κ3) is 12.4. The van der Waals surface area contributed by atoms with E-state index in [1.54, 1.807) is 0 Å². The number of hydrogen-bond donors (Lipinski definition) is 0. The molecule has 1 saturated heterocycles. The summed E-state index contributed by atoms with van der Waals surface area (Å²) in [6.45, 7) is 8.25. The van der Waals surface area contributed by atoms with Crippen molar-refractivity contribution in [1.82, 2.24) is 39.9 Å². The Bertz CT molecular complexity index is 6750. The molecule has 0 radical (unpaired) electrons. The maximum atomic E-state index is 6.43. The molecule has 526 valence electrons. The number of hydrogen-bond acceptors (Lipinski definition) is 14. The van der Waals surface area contributed by atoms with E-state index in [0.29, 0.717) is 28.6 Å². The molecule has 0 saturated carbocycles. The van der Waals surface area contributed by atoms with Gasteiger partial charge in [-0.3, -0.25) is 0 Å². The van der Waals surface area contributed by atoms with E-state index in [4.69, 9.17) is 68.5 Å². The third-order valence-electron chi connectivity index (χ3n) is 20.5. The second kappa shape index (κ2) is 27.7. The molecule has 8 aromatic heterocycles. The molecule has 110 heavy (non-hydrogen) atoms. The molecule has 0 unspecified atom stereocenters. The lowest BCUT2D eigenvalue weighted by Gasteiger charge is -2.32. The van der Waals surface area contributed by atoms with E-state index in [0.717, 1.165) is 167 Å². The summed E-state index contributed by atoms with van der Waals surface area (Å²) in [6, 6.07) is 105. The van der Waals surface area contributed by atoms with Gasteiger partial charge in [0, 0.05) is 82.4 Å². The minimum atomic E-state index is -0.476. The predicted molar refractivity (Wildman–Crippen MR) is 440 cm³/mol. The van der Waals surface area contributed by atoms with Crippen LogP contribution in [-0.2, 0) is 9.31 Å². The molecule has 12 aromatic carbocycles. The number of benzene rings is 12. The van der Waals surface area contributed by atoms with Crippen LogP contribution in [-0.4, -0.2) is 58.2 Å². The summed E-state index contributed by atoms with van der Waals surface area (Å²) in [7, 11) is -0.476. The second-order valence-electron chi connectivity index (χ2n) is 28.0. The molecule has 1 aliphatic heterocycles. The van der Waals surface area contributed by atoms with Gasteiger partial charge in [0.15, 0.2) is 28.6 Å². The van der Waals surface area contributed by atoms with Crippen molar-refractivity contribution in [3.05, 3.63) is 321 Å². The van der Waals surface area contributed by atoms with Gasteiger partial charge in [-0.05, 0) is 118 Å². The van der Waals surface area contributed by atoms with E-state index in [1.165, 1.54) is 0 Å². The normalized spacial score (nSPS) is 13.2. The summed E-state index contributed by atoms with van der Waals surface area (Å²) in [5.74, 6) is 1.83. The van der Waals surface area contributed by atoms with Crippen LogP contribution in [0.3, 0.4) is 0 Å². The number of aromatic nitrogens is 8. The van der Waals surface area contributed by atoms with Crippen LogP contribution in [0.2, 0.25) is 5.28 Å². The fraction of sp³-hybridized carbons (Fsp3) is 0.0638. The van der Waals surface area contributed by atoms with Crippen molar-refractivity contribution in [3.63, 3.8) is 0 Å². The first-order valence-corrected chi connectivity index (χ1v) is 36.7. The van der Waals surface area contributed by atoms with Gasteiger partial charge < -0.3 is 27.0 Å². The van der Waals surface area contributed by atoms with Gasteiger partial charge in [0.1, 0.15) is 55.9 Å². The van der Waals surface area contributed by atoms with Crippen molar-refractivity contribution in [1.29, 1.82) is 0 Å². The quantitative estimate of drug-likeness (QED) is 0.0934. The fourth-order valence-corrected chi connectivity index (χ4v) is 14.5. The highest BCUT2D eigenvalue weighted by atomic mass is 35.5. The zero-order chi connectivity index (χ0) is 74.0. The highest BCUT2D eigenvalue weighted by Gasteiger charge is 2.52. The van der Waals surface area contributed by atoms with Gasteiger partial charge in [-0.25, -0.2) is 39.9 Å². The van der Waals surface area contributed by atoms with Crippen LogP contribution in [0.25, 0.3) is 190 Å². The summed E-state index contributed by atoms with van der Waals surface area (Å²) in [6.07, 6.45) is 0. The monoisotopic (exact) mass is 1450 g/mol. The van der Waals surface area contributed by atoms with Gasteiger partial charge in [-0.1, -0.05) is 243 Å². The zero-order valence-corrected chi connectivity index (χ0v) is 60.8. The molecule has 1 fully saturated rings. The van der Waals surface area contributed by atoms with Gasteiger partial charge in [-0.15, -0.1) is 0 Å². The largest absolute Gasteiger partial charge is 0.494 e. The molecular formula is C94H64BClN8O6. The Labute approximate surface area is 636 Å². The van der Waals surface area contributed by atoms with E-state index in [2.05, 4.69) is 92.3 Å². The van der Waals surface area contributed by atoms with E-state index >= 15 is 0 Å². The average molecular weight is 1450 g/mol. The minimum absolute atomic E-state index is 0.264. The molecule has 0 atom stereocenters. The molecule has 0 N–H and O–H groups in total. The van der Waals surface area contributed by atoms with Gasteiger partial charge in [0.05, 0.1) is 34.0 Å². The Morgan fingerprint density at radius 1 is 0.273 bits per heavy atom. The molecule has 1 aliphatic rings. The van der Waals surface area contributed by atoms with Gasteiger partial charge in [-0.2, -0.15) is 0 Å². The van der Waals surface area contributed by atoms with Crippen LogP contribution < -0.4 is 5.46 Å². The number of furan rings is 4. The van der Waals surface area contributed by atoms with E-state index in [9.17, 15) is 0 Å². The summed E-state index contributed by atoms with van der Waals surface area (Å²) in [5, 5.41) is 5.94. The number of halogens is 1. The summed E-state index contributed by atoms with van der Waals surface area (Å²) in [4.78, 5) is 39.3. The van der Waals surface area contributed by atoms with Crippen molar-refractivity contribution in [2.45, 2.75) is 38.9 Å². The van der Waals surface area contributed by atoms with E-state index < -0.39 is 18.3 Å². The average Bonchev–Trinajstić information content (AvgIpc) is 1.57. The molecule has 14 nitrogen and oxygen atoms in total. The van der Waals surface area contributed by atoms with E-state index in [1.807, 2.05) is 261 Å². The summed E-state index contributed by atoms with van der Waals surface area (Å²) < 4.78 is 38.1. The number of nitrogens with zero attached hydrogens (tertiary/aromatic N) is 8. The van der Waals surface area contributed by atoms with Crippen LogP contribution in [0.1, 0.15) is 27.7 Å². The van der Waals surface area contributed by atoms with Crippen molar-refractivity contribution >= 4 is 112 Å². The highest BCUT2D eigenvalue weighted by Crippen LogP contribution is 2.44. The smallest absolute Gasteiger partial charge is 0.456 e. The molecule has 0 amide bonds. The van der Waals surface area contributed by atoms with Crippen LogP contribution in [0.4, 0.5) is 0 Å². The Morgan fingerprint density at radius 2 is 0.627 bits per heavy atom.